The molecule has 0 N–H and O–H groups in total. The lowest BCUT2D eigenvalue weighted by molar-refractivity contribution is -0.130. The van der Waals surface area contributed by atoms with E-state index in [1.807, 2.05) is 12.1 Å². The van der Waals surface area contributed by atoms with Crippen LogP contribution in [0.1, 0.15) is 22.3 Å². The quantitative estimate of drug-likeness (QED) is 0.544. The van der Waals surface area contributed by atoms with Crippen molar-refractivity contribution in [1.82, 2.24) is 9.88 Å². The molecular formula is C19H22N2O4. The molecule has 0 bridgehead atoms. The zero-order chi connectivity index (χ0) is 18.1. The highest BCUT2D eigenvalue weighted by molar-refractivity contribution is 5.89. The lowest BCUT2D eigenvalue weighted by atomic mass is 10.1. The monoisotopic (exact) mass is 342 g/mol. The molecule has 2 rings (SSSR count). The zero-order valence-electron chi connectivity index (χ0n) is 14.5. The Hall–Kier alpha value is -2.89. The fourth-order valence-corrected chi connectivity index (χ4v) is 2.06. The molecule has 1 aromatic heterocycles. The first-order valence-electron chi connectivity index (χ1n) is 8.05. The lowest BCUT2D eigenvalue weighted by Gasteiger charge is -2.12. The van der Waals surface area contributed by atoms with Gasteiger partial charge in [0, 0.05) is 26.5 Å². The molecule has 0 fully saturated rings. The van der Waals surface area contributed by atoms with Gasteiger partial charge in [-0.2, -0.15) is 0 Å². The smallest absolute Gasteiger partial charge is 0.338 e. The van der Waals surface area contributed by atoms with E-state index in [1.165, 1.54) is 4.90 Å². The second-order valence-electron chi connectivity index (χ2n) is 5.70. The van der Waals surface area contributed by atoms with Gasteiger partial charge in [-0.05, 0) is 48.7 Å². The van der Waals surface area contributed by atoms with E-state index >= 15 is 0 Å². The summed E-state index contributed by atoms with van der Waals surface area (Å²) in [6.45, 7) is 0.267. The fourth-order valence-electron chi connectivity index (χ4n) is 2.06. The number of pyridine rings is 1. The summed E-state index contributed by atoms with van der Waals surface area (Å²) >= 11 is 0. The van der Waals surface area contributed by atoms with Crippen molar-refractivity contribution in [1.29, 1.82) is 0 Å². The summed E-state index contributed by atoms with van der Waals surface area (Å²) in [5, 5.41) is 0. The lowest BCUT2D eigenvalue weighted by Crippen LogP contribution is -2.27. The van der Waals surface area contributed by atoms with Crippen molar-refractivity contribution in [2.75, 3.05) is 27.3 Å². The van der Waals surface area contributed by atoms with Crippen molar-refractivity contribution in [2.24, 2.45) is 0 Å². The maximum absolute atomic E-state index is 12.1. The highest BCUT2D eigenvalue weighted by atomic mass is 16.5. The van der Waals surface area contributed by atoms with E-state index in [-0.39, 0.29) is 12.5 Å². The number of aryl methyl sites for hydroxylation is 1. The van der Waals surface area contributed by atoms with Crippen molar-refractivity contribution >= 4 is 11.9 Å². The summed E-state index contributed by atoms with van der Waals surface area (Å²) in [4.78, 5) is 29.0. The van der Waals surface area contributed by atoms with Gasteiger partial charge < -0.3 is 14.4 Å². The molecule has 0 spiro atoms. The van der Waals surface area contributed by atoms with Gasteiger partial charge in [-0.15, -0.1) is 0 Å². The van der Waals surface area contributed by atoms with Gasteiger partial charge in [-0.25, -0.2) is 4.79 Å². The van der Waals surface area contributed by atoms with E-state index < -0.39 is 5.97 Å². The highest BCUT2D eigenvalue weighted by Gasteiger charge is 2.10. The van der Waals surface area contributed by atoms with Crippen molar-refractivity contribution in [3.63, 3.8) is 0 Å². The maximum Gasteiger partial charge on any atom is 0.338 e. The molecule has 6 heteroatoms. The number of rotatable bonds is 8. The number of nitrogens with zero attached hydrogens (tertiary/aromatic N) is 2. The third kappa shape index (κ3) is 6.25. The van der Waals surface area contributed by atoms with Gasteiger partial charge in [0.2, 0.25) is 0 Å². The standard InChI is InChI=1S/C19H22N2O4/c1-21(2)18(22)14-25-17-7-3-6-16(13-17)19(23)24-12-4-5-15-8-10-20-11-9-15/h3,6-11,13H,4-5,12,14H2,1-2H3. The van der Waals surface area contributed by atoms with Crippen LogP contribution >= 0.6 is 0 Å². The van der Waals surface area contributed by atoms with E-state index in [9.17, 15) is 9.59 Å². The first kappa shape index (κ1) is 18.4. The molecule has 0 aliphatic heterocycles. The molecule has 1 heterocycles. The van der Waals surface area contributed by atoms with Crippen LogP contribution in [-0.2, 0) is 16.0 Å². The van der Waals surface area contributed by atoms with Crippen LogP contribution in [0, 0.1) is 0 Å². The van der Waals surface area contributed by atoms with Crippen molar-refractivity contribution in [3.05, 3.63) is 59.9 Å². The summed E-state index contributed by atoms with van der Waals surface area (Å²) < 4.78 is 10.7. The van der Waals surface area contributed by atoms with E-state index in [4.69, 9.17) is 9.47 Å². The summed E-state index contributed by atoms with van der Waals surface area (Å²) in [5.41, 5.74) is 1.56. The van der Waals surface area contributed by atoms with Gasteiger partial charge in [0.15, 0.2) is 6.61 Å². The summed E-state index contributed by atoms with van der Waals surface area (Å²) in [6.07, 6.45) is 5.05. The molecule has 2 aromatic rings. The van der Waals surface area contributed by atoms with E-state index in [2.05, 4.69) is 4.98 Å². The van der Waals surface area contributed by atoms with Crippen molar-refractivity contribution in [3.8, 4) is 5.75 Å². The zero-order valence-corrected chi connectivity index (χ0v) is 14.5. The average Bonchev–Trinajstić information content (AvgIpc) is 2.64. The molecule has 1 aromatic carbocycles. The van der Waals surface area contributed by atoms with Crippen LogP contribution in [0.3, 0.4) is 0 Å². The van der Waals surface area contributed by atoms with Gasteiger partial charge in [-0.1, -0.05) is 6.07 Å². The Morgan fingerprint density at radius 2 is 1.88 bits per heavy atom. The number of carbonyl (C=O) groups excluding carboxylic acids is 2. The van der Waals surface area contributed by atoms with Crippen LogP contribution in [0.2, 0.25) is 0 Å². The number of esters is 1. The SMILES string of the molecule is CN(C)C(=O)COc1cccc(C(=O)OCCCc2ccncc2)c1. The molecule has 0 radical (unpaired) electrons. The Balaban J connectivity index is 1.79. The summed E-state index contributed by atoms with van der Waals surface area (Å²) in [5.74, 6) is -0.0929. The second-order valence-corrected chi connectivity index (χ2v) is 5.70. The number of carbonyl (C=O) groups is 2. The van der Waals surface area contributed by atoms with Gasteiger partial charge >= 0.3 is 5.97 Å². The molecular weight excluding hydrogens is 320 g/mol. The first-order chi connectivity index (χ1) is 12.1. The number of hydrogen-bond donors (Lipinski definition) is 0. The normalized spacial score (nSPS) is 10.2. The first-order valence-corrected chi connectivity index (χ1v) is 8.05. The van der Waals surface area contributed by atoms with Gasteiger partial charge in [0.25, 0.3) is 5.91 Å². The van der Waals surface area contributed by atoms with Crippen LogP contribution in [0.4, 0.5) is 0 Å². The van der Waals surface area contributed by atoms with E-state index in [0.29, 0.717) is 17.9 Å². The molecule has 0 saturated heterocycles. The number of amides is 1. The minimum atomic E-state index is -0.404. The molecule has 6 nitrogen and oxygen atoms in total. The third-order valence-electron chi connectivity index (χ3n) is 3.52. The number of aromatic nitrogens is 1. The van der Waals surface area contributed by atoms with Gasteiger partial charge in [0.1, 0.15) is 5.75 Å². The Morgan fingerprint density at radius 3 is 2.60 bits per heavy atom. The van der Waals surface area contributed by atoms with Gasteiger partial charge in [0.05, 0.1) is 12.2 Å². The molecule has 0 atom stereocenters. The molecule has 0 saturated carbocycles. The second kappa shape index (κ2) is 9.42. The average molecular weight is 342 g/mol. The molecule has 132 valence electrons. The fraction of sp³-hybridized carbons (Fsp3) is 0.316. The number of hydrogen-bond acceptors (Lipinski definition) is 5. The third-order valence-corrected chi connectivity index (χ3v) is 3.52. The van der Waals surface area contributed by atoms with Crippen LogP contribution in [0.5, 0.6) is 5.75 Å². The molecule has 0 unspecified atom stereocenters. The summed E-state index contributed by atoms with van der Waals surface area (Å²) in [6, 6.07) is 10.5. The van der Waals surface area contributed by atoms with Crippen LogP contribution in [0.15, 0.2) is 48.8 Å². The number of likely N-dealkylation sites (N-methyl/N-ethyl adjacent to an activating group) is 1. The molecule has 1 amide bonds. The maximum atomic E-state index is 12.1. The Morgan fingerprint density at radius 1 is 1.12 bits per heavy atom. The summed E-state index contributed by atoms with van der Waals surface area (Å²) in [7, 11) is 3.32. The largest absolute Gasteiger partial charge is 0.484 e. The van der Waals surface area contributed by atoms with Crippen LogP contribution < -0.4 is 4.74 Å². The van der Waals surface area contributed by atoms with E-state index in [1.54, 1.807) is 50.8 Å². The van der Waals surface area contributed by atoms with Crippen LogP contribution in [0.25, 0.3) is 0 Å². The predicted molar refractivity (Wildman–Crippen MR) is 93.5 cm³/mol. The minimum absolute atomic E-state index is 0.0720. The topological polar surface area (TPSA) is 68.7 Å². The molecule has 25 heavy (non-hydrogen) atoms. The van der Waals surface area contributed by atoms with Crippen molar-refractivity contribution < 1.29 is 19.1 Å². The Kier molecular flexibility index (Phi) is 6.95. The number of ether oxygens (including phenoxy) is 2. The molecule has 0 aliphatic carbocycles. The number of benzene rings is 1. The van der Waals surface area contributed by atoms with E-state index in [0.717, 1.165) is 18.4 Å². The van der Waals surface area contributed by atoms with Crippen LogP contribution in [-0.4, -0.2) is 49.1 Å². The predicted octanol–water partition coefficient (Wildman–Crippen LogP) is 2.34. The molecule has 0 aliphatic rings. The van der Waals surface area contributed by atoms with Gasteiger partial charge in [-0.3, -0.25) is 9.78 Å². The highest BCUT2D eigenvalue weighted by Crippen LogP contribution is 2.14. The Labute approximate surface area is 147 Å². The van der Waals surface area contributed by atoms with Crippen molar-refractivity contribution in [2.45, 2.75) is 12.8 Å². The Bertz CT molecular complexity index is 702. The minimum Gasteiger partial charge on any atom is -0.484 e.